The van der Waals surface area contributed by atoms with Crippen LogP contribution in [0.1, 0.15) is 20.8 Å². The Balaban J connectivity index is 3.25. The number of hydrogen-bond donors (Lipinski definition) is 1. The Morgan fingerprint density at radius 3 is 1.89 bits per heavy atom. The Morgan fingerprint density at radius 2 is 1.53 bits per heavy atom. The normalized spacial score (nSPS) is 23.0. The monoisotopic (exact) mass is 319 g/mol. The Kier molecular flexibility index (Phi) is 4.34. The van der Waals surface area contributed by atoms with Crippen LogP contribution in [0.15, 0.2) is 0 Å². The maximum Gasteiger partial charge on any atom is 0.274 e. The molecule has 0 aliphatic carbocycles. The lowest BCUT2D eigenvalue weighted by Crippen LogP contribution is -2.60. The lowest BCUT2D eigenvalue weighted by Gasteiger charge is -2.38. The van der Waals surface area contributed by atoms with Gasteiger partial charge in [-0.1, -0.05) is 0 Å². The van der Waals surface area contributed by atoms with Gasteiger partial charge in [-0.15, -0.1) is 0 Å². The van der Waals surface area contributed by atoms with E-state index in [1.54, 1.807) is 0 Å². The Hall–Kier alpha value is -0.290. The van der Waals surface area contributed by atoms with Gasteiger partial charge in [-0.2, -0.15) is 12.7 Å². The predicted molar refractivity (Wildman–Crippen MR) is 66.5 cm³/mol. The van der Waals surface area contributed by atoms with E-state index in [4.69, 9.17) is 9.29 Å². The summed E-state index contributed by atoms with van der Waals surface area (Å²) in [6.45, 7) is 2.43. The summed E-state index contributed by atoms with van der Waals surface area (Å²) >= 11 is 0. The van der Waals surface area contributed by atoms with Crippen LogP contribution in [0.4, 0.5) is 4.39 Å². The summed E-state index contributed by atoms with van der Waals surface area (Å²) in [6, 6.07) is 0. The first-order valence-corrected chi connectivity index (χ1v) is 8.47. The van der Waals surface area contributed by atoms with Crippen molar-refractivity contribution in [1.29, 1.82) is 0 Å². The summed E-state index contributed by atoms with van der Waals surface area (Å²) in [5, 5.41) is -3.16. The van der Waals surface area contributed by atoms with Gasteiger partial charge in [-0.3, -0.25) is 4.55 Å². The first kappa shape index (κ1) is 16.8. The molecule has 0 aromatic carbocycles. The Labute approximate surface area is 112 Å². The lowest BCUT2D eigenvalue weighted by atomic mass is 10.1. The molecule has 0 aromatic rings. The molecule has 0 amide bonds. The van der Waals surface area contributed by atoms with E-state index in [1.807, 2.05) is 0 Å². The summed E-state index contributed by atoms with van der Waals surface area (Å²) in [7, 11) is -9.45. The van der Waals surface area contributed by atoms with E-state index in [2.05, 4.69) is 0 Å². The van der Waals surface area contributed by atoms with Crippen molar-refractivity contribution in [3.8, 4) is 0 Å². The molecule has 1 unspecified atom stereocenters. The van der Waals surface area contributed by atoms with Crippen molar-refractivity contribution in [3.63, 3.8) is 0 Å². The highest BCUT2D eigenvalue weighted by Gasteiger charge is 2.61. The fourth-order valence-electron chi connectivity index (χ4n) is 1.57. The number of halogens is 1. The van der Waals surface area contributed by atoms with E-state index < -0.39 is 29.9 Å². The molecule has 1 aliphatic rings. The van der Waals surface area contributed by atoms with E-state index >= 15 is 0 Å². The lowest BCUT2D eigenvalue weighted by molar-refractivity contribution is 0.0685. The Bertz CT molecular complexity index is 533. The fraction of sp³-hybridized carbons (Fsp3) is 1.00. The molecule has 1 heterocycles. The molecule has 0 bridgehead atoms. The third-order valence-corrected chi connectivity index (χ3v) is 7.84. The SMILES string of the molecule is CC(C)(C(C)(F)S(=O)(=O)N1CCOCC1)S(=O)(=O)O. The molecule has 0 aromatic heterocycles. The van der Waals surface area contributed by atoms with E-state index in [-0.39, 0.29) is 26.3 Å². The minimum absolute atomic E-state index is 0.0522. The number of ether oxygens (including phenoxy) is 1. The molecule has 1 rings (SSSR count). The largest absolute Gasteiger partial charge is 0.379 e. The average Bonchev–Trinajstić information content (AvgIpc) is 2.28. The van der Waals surface area contributed by atoms with Crippen LogP contribution in [0.3, 0.4) is 0 Å². The molecule has 0 saturated carbocycles. The molecule has 0 radical (unpaired) electrons. The summed E-state index contributed by atoms with van der Waals surface area (Å²) in [5.74, 6) is 0. The van der Waals surface area contributed by atoms with E-state index in [0.29, 0.717) is 6.92 Å². The number of hydrogen-bond acceptors (Lipinski definition) is 5. The van der Waals surface area contributed by atoms with E-state index in [9.17, 15) is 21.2 Å². The minimum atomic E-state index is -4.89. The van der Waals surface area contributed by atoms with Crippen molar-refractivity contribution in [2.45, 2.75) is 30.5 Å². The van der Waals surface area contributed by atoms with Crippen molar-refractivity contribution in [1.82, 2.24) is 4.31 Å². The van der Waals surface area contributed by atoms with Crippen molar-refractivity contribution < 1.29 is 30.5 Å². The van der Waals surface area contributed by atoms with Gasteiger partial charge in [0, 0.05) is 13.1 Å². The van der Waals surface area contributed by atoms with Gasteiger partial charge in [0.15, 0.2) is 0 Å². The second-order valence-corrected chi connectivity index (χ2v) is 9.12. The van der Waals surface area contributed by atoms with Crippen molar-refractivity contribution in [3.05, 3.63) is 0 Å². The zero-order chi connectivity index (χ0) is 15.1. The third kappa shape index (κ3) is 2.64. The van der Waals surface area contributed by atoms with Gasteiger partial charge in [0.25, 0.3) is 20.1 Å². The molecule has 1 N–H and O–H groups in total. The van der Waals surface area contributed by atoms with Crippen LogP contribution in [0.5, 0.6) is 0 Å². The first-order chi connectivity index (χ1) is 8.36. The highest BCUT2D eigenvalue weighted by Crippen LogP contribution is 2.39. The molecular weight excluding hydrogens is 301 g/mol. The summed E-state index contributed by atoms with van der Waals surface area (Å²) < 4.78 is 74.0. The average molecular weight is 319 g/mol. The number of nitrogens with zero attached hydrogens (tertiary/aromatic N) is 1. The molecule has 19 heavy (non-hydrogen) atoms. The highest BCUT2D eigenvalue weighted by atomic mass is 32.2. The molecular formula is C9H18FNO6S2. The van der Waals surface area contributed by atoms with Crippen molar-refractivity contribution in [2.75, 3.05) is 26.3 Å². The second kappa shape index (κ2) is 4.92. The number of rotatable bonds is 4. The van der Waals surface area contributed by atoms with Crippen LogP contribution < -0.4 is 0 Å². The number of sulfonamides is 1. The van der Waals surface area contributed by atoms with Gasteiger partial charge in [-0.05, 0) is 20.8 Å². The predicted octanol–water partition coefficient (Wildman–Crippen LogP) is 0.000500. The van der Waals surface area contributed by atoms with E-state index in [0.717, 1.165) is 18.2 Å². The fourth-order valence-corrected chi connectivity index (χ4v) is 4.40. The molecule has 0 spiro atoms. The minimum Gasteiger partial charge on any atom is -0.379 e. The van der Waals surface area contributed by atoms with Crippen LogP contribution >= 0.6 is 0 Å². The maximum atomic E-state index is 14.7. The maximum absolute atomic E-state index is 14.7. The summed E-state index contributed by atoms with van der Waals surface area (Å²) in [5.41, 5.74) is 0. The van der Waals surface area contributed by atoms with Gasteiger partial charge in [0.2, 0.25) is 5.00 Å². The second-order valence-electron chi connectivity index (χ2n) is 4.92. The zero-order valence-corrected chi connectivity index (χ0v) is 12.6. The highest BCUT2D eigenvalue weighted by molar-refractivity contribution is 7.93. The van der Waals surface area contributed by atoms with Gasteiger partial charge in [-0.25, -0.2) is 12.8 Å². The summed E-state index contributed by atoms with van der Waals surface area (Å²) in [4.78, 5) is 0. The van der Waals surface area contributed by atoms with Gasteiger partial charge in [0.05, 0.1) is 13.2 Å². The molecule has 1 aliphatic heterocycles. The molecule has 10 heteroatoms. The van der Waals surface area contributed by atoms with Crippen molar-refractivity contribution in [2.24, 2.45) is 0 Å². The van der Waals surface area contributed by atoms with Crippen LogP contribution in [0.2, 0.25) is 0 Å². The quantitative estimate of drug-likeness (QED) is 0.732. The van der Waals surface area contributed by atoms with Crippen LogP contribution in [0, 0.1) is 0 Å². The molecule has 1 saturated heterocycles. The van der Waals surface area contributed by atoms with Gasteiger partial charge < -0.3 is 4.74 Å². The Morgan fingerprint density at radius 1 is 1.11 bits per heavy atom. The van der Waals surface area contributed by atoms with E-state index in [1.165, 1.54) is 0 Å². The molecule has 1 atom stereocenters. The third-order valence-electron chi connectivity index (χ3n) is 3.51. The standard InChI is InChI=1S/C9H18FNO6S2/c1-8(2,19(14,15)16)9(3,10)18(12,13)11-4-6-17-7-5-11/h4-7H2,1-3H3,(H,14,15,16). The zero-order valence-electron chi connectivity index (χ0n) is 11.0. The molecule has 7 nitrogen and oxygen atoms in total. The number of alkyl halides is 1. The van der Waals surface area contributed by atoms with Gasteiger partial charge in [0.1, 0.15) is 4.75 Å². The number of morpholine rings is 1. The molecule has 114 valence electrons. The topological polar surface area (TPSA) is 101 Å². The van der Waals surface area contributed by atoms with Crippen LogP contribution in [-0.2, 0) is 24.9 Å². The van der Waals surface area contributed by atoms with Crippen LogP contribution in [0.25, 0.3) is 0 Å². The smallest absolute Gasteiger partial charge is 0.274 e. The first-order valence-electron chi connectivity index (χ1n) is 5.59. The molecule has 1 fully saturated rings. The van der Waals surface area contributed by atoms with Gasteiger partial charge >= 0.3 is 0 Å². The van der Waals surface area contributed by atoms with Crippen molar-refractivity contribution >= 4 is 20.1 Å². The van der Waals surface area contributed by atoms with Crippen LogP contribution in [-0.4, -0.2) is 61.7 Å². The summed E-state index contributed by atoms with van der Waals surface area (Å²) in [6.07, 6.45) is 0.